The van der Waals surface area contributed by atoms with Crippen LogP contribution in [0.4, 0.5) is 0 Å². The molecule has 2 aromatic rings. The Balaban J connectivity index is 2.62. The van der Waals surface area contributed by atoms with Crippen LogP contribution >= 0.6 is 11.6 Å². The first kappa shape index (κ1) is 13.8. The van der Waals surface area contributed by atoms with Crippen LogP contribution < -0.4 is 5.43 Å². The van der Waals surface area contributed by atoms with Crippen LogP contribution in [0, 0.1) is 0 Å². The van der Waals surface area contributed by atoms with Gasteiger partial charge in [0.25, 0.3) is 5.78 Å². The number of aliphatic hydroxyl groups is 1. The number of H-pyrrole nitrogens is 1. The van der Waals surface area contributed by atoms with Gasteiger partial charge in [0.15, 0.2) is 5.43 Å². The van der Waals surface area contributed by atoms with E-state index in [4.69, 9.17) is 16.7 Å². The average molecular weight is 294 g/mol. The number of aliphatic hydroxyl groups excluding tert-OH is 1. The molecule has 0 aliphatic heterocycles. The molecule has 0 radical (unpaired) electrons. The first-order chi connectivity index (χ1) is 9.40. The van der Waals surface area contributed by atoms with Crippen molar-refractivity contribution in [3.8, 4) is 0 Å². The van der Waals surface area contributed by atoms with Gasteiger partial charge in [0.2, 0.25) is 0 Å². The summed E-state index contributed by atoms with van der Waals surface area (Å²) >= 11 is 5.79. The van der Waals surface area contributed by atoms with Crippen LogP contribution in [0.15, 0.2) is 35.3 Å². The predicted molar refractivity (Wildman–Crippen MR) is 72.8 cm³/mol. The molecule has 0 fully saturated rings. The molecule has 1 heterocycles. The lowest BCUT2D eigenvalue weighted by Gasteiger charge is -2.03. The van der Waals surface area contributed by atoms with Gasteiger partial charge in [-0.3, -0.25) is 9.59 Å². The first-order valence-corrected chi connectivity index (χ1v) is 5.77. The summed E-state index contributed by atoms with van der Waals surface area (Å²) in [6, 6.07) is 4.58. The molecule has 0 bridgehead atoms. The highest BCUT2D eigenvalue weighted by Crippen LogP contribution is 2.16. The van der Waals surface area contributed by atoms with Crippen LogP contribution in [0.5, 0.6) is 0 Å². The maximum Gasteiger partial charge on any atom is 0.376 e. The largest absolute Gasteiger partial charge is 0.507 e. The van der Waals surface area contributed by atoms with Gasteiger partial charge in [0.1, 0.15) is 5.76 Å². The lowest BCUT2D eigenvalue weighted by molar-refractivity contribution is -0.146. The number of pyridine rings is 1. The highest BCUT2D eigenvalue weighted by molar-refractivity contribution is 6.38. The number of aromatic amines is 1. The smallest absolute Gasteiger partial charge is 0.376 e. The Morgan fingerprint density at radius 1 is 1.25 bits per heavy atom. The van der Waals surface area contributed by atoms with Gasteiger partial charge in [0.05, 0.1) is 5.56 Å². The number of carbonyl (C=O) groups excluding carboxylic acids is 1. The van der Waals surface area contributed by atoms with E-state index in [9.17, 15) is 19.5 Å². The number of aromatic nitrogens is 1. The lowest BCUT2D eigenvalue weighted by atomic mass is 10.1. The molecule has 0 unspecified atom stereocenters. The fourth-order valence-corrected chi connectivity index (χ4v) is 1.82. The maximum absolute atomic E-state index is 12.1. The van der Waals surface area contributed by atoms with Gasteiger partial charge in [-0.05, 0) is 18.2 Å². The van der Waals surface area contributed by atoms with E-state index < -0.39 is 22.9 Å². The molecule has 0 amide bonds. The third kappa shape index (κ3) is 2.55. The van der Waals surface area contributed by atoms with Crippen molar-refractivity contribution in [3.05, 3.63) is 51.3 Å². The summed E-state index contributed by atoms with van der Waals surface area (Å²) < 4.78 is 0. The highest BCUT2D eigenvalue weighted by Gasteiger charge is 2.14. The number of fused-ring (bicyclic) bond motifs is 1. The van der Waals surface area contributed by atoms with Crippen molar-refractivity contribution in [1.82, 2.24) is 4.98 Å². The number of aliphatic carboxylic acids is 1. The monoisotopic (exact) mass is 293 g/mol. The number of nitrogens with one attached hydrogen (secondary N) is 1. The molecular formula is C13H8ClNO5. The number of ketones is 1. The van der Waals surface area contributed by atoms with Crippen molar-refractivity contribution in [3.63, 3.8) is 0 Å². The Hall–Kier alpha value is -2.60. The summed E-state index contributed by atoms with van der Waals surface area (Å²) in [6.45, 7) is 0. The van der Waals surface area contributed by atoms with Gasteiger partial charge in [-0.15, -0.1) is 0 Å². The van der Waals surface area contributed by atoms with Gasteiger partial charge in [-0.2, -0.15) is 0 Å². The topological polar surface area (TPSA) is 107 Å². The zero-order chi connectivity index (χ0) is 14.9. The van der Waals surface area contributed by atoms with E-state index in [1.807, 2.05) is 0 Å². The highest BCUT2D eigenvalue weighted by atomic mass is 35.5. The standard InChI is InChI=1S/C13H8ClNO5/c14-6-1-2-9-7(3-6)12(18)8(5-15-9)10(16)4-11(17)13(19)20/h1-5,16H,(H,15,18)(H,19,20). The number of carboxylic acids is 1. The molecule has 6 nitrogen and oxygen atoms in total. The van der Waals surface area contributed by atoms with Gasteiger partial charge in [-0.25, -0.2) is 4.79 Å². The van der Waals surface area contributed by atoms with E-state index >= 15 is 0 Å². The molecule has 20 heavy (non-hydrogen) atoms. The van der Waals surface area contributed by atoms with E-state index in [1.165, 1.54) is 12.3 Å². The number of hydrogen-bond donors (Lipinski definition) is 3. The summed E-state index contributed by atoms with van der Waals surface area (Å²) in [6.07, 6.45) is 1.67. The van der Waals surface area contributed by atoms with Crippen LogP contribution in [0.3, 0.4) is 0 Å². The van der Waals surface area contributed by atoms with Crippen LogP contribution in [-0.4, -0.2) is 26.9 Å². The molecule has 2 rings (SSSR count). The average Bonchev–Trinajstić information content (AvgIpc) is 2.39. The van der Waals surface area contributed by atoms with Gasteiger partial charge in [0, 0.05) is 28.2 Å². The molecule has 102 valence electrons. The SMILES string of the molecule is O=C(O)C(=O)C=C(O)c1c[nH]c2ccc(Cl)cc2c1=O. The van der Waals surface area contributed by atoms with Crippen molar-refractivity contribution < 1.29 is 19.8 Å². The van der Waals surface area contributed by atoms with Gasteiger partial charge < -0.3 is 15.2 Å². The number of halogens is 1. The summed E-state index contributed by atoms with van der Waals surface area (Å²) in [4.78, 5) is 36.3. The molecule has 0 aliphatic rings. The van der Waals surface area contributed by atoms with E-state index in [-0.39, 0.29) is 10.9 Å². The number of carbonyl (C=O) groups is 2. The Bertz CT molecular complexity index is 806. The number of rotatable bonds is 3. The molecule has 0 atom stereocenters. The van der Waals surface area contributed by atoms with Crippen LogP contribution in [0.25, 0.3) is 16.7 Å². The first-order valence-electron chi connectivity index (χ1n) is 5.39. The Morgan fingerprint density at radius 2 is 1.95 bits per heavy atom. The normalized spacial score (nSPS) is 11.6. The summed E-state index contributed by atoms with van der Waals surface area (Å²) in [5, 5.41) is 18.7. The van der Waals surface area contributed by atoms with Crippen LogP contribution in [0.1, 0.15) is 5.56 Å². The van der Waals surface area contributed by atoms with Crippen molar-refractivity contribution in [2.24, 2.45) is 0 Å². The number of carboxylic acid groups (broad SMARTS) is 1. The molecule has 7 heteroatoms. The molecule has 1 aromatic carbocycles. The maximum atomic E-state index is 12.1. The zero-order valence-corrected chi connectivity index (χ0v) is 10.6. The summed E-state index contributed by atoms with van der Waals surface area (Å²) in [7, 11) is 0. The molecule has 0 spiro atoms. The minimum absolute atomic E-state index is 0.214. The second-order valence-corrected chi connectivity index (χ2v) is 4.36. The van der Waals surface area contributed by atoms with Gasteiger partial charge >= 0.3 is 5.97 Å². The Morgan fingerprint density at radius 3 is 2.60 bits per heavy atom. The summed E-state index contributed by atoms with van der Waals surface area (Å²) in [5.41, 5.74) is -0.275. The minimum atomic E-state index is -1.73. The molecule has 0 saturated heterocycles. The second-order valence-electron chi connectivity index (χ2n) is 3.92. The zero-order valence-electron chi connectivity index (χ0n) is 9.88. The number of hydrogen-bond acceptors (Lipinski definition) is 4. The molecule has 0 aliphatic carbocycles. The van der Waals surface area contributed by atoms with E-state index in [0.29, 0.717) is 16.6 Å². The van der Waals surface area contributed by atoms with E-state index in [1.54, 1.807) is 12.1 Å². The van der Waals surface area contributed by atoms with Crippen molar-refractivity contribution in [2.75, 3.05) is 0 Å². The fraction of sp³-hybridized carbons (Fsp3) is 0. The Kier molecular flexibility index (Phi) is 3.58. The molecule has 0 saturated carbocycles. The molecular weight excluding hydrogens is 286 g/mol. The third-order valence-corrected chi connectivity index (χ3v) is 2.83. The summed E-state index contributed by atoms with van der Waals surface area (Å²) in [5.74, 6) is -3.77. The minimum Gasteiger partial charge on any atom is -0.507 e. The van der Waals surface area contributed by atoms with Gasteiger partial charge in [-0.1, -0.05) is 11.6 Å². The van der Waals surface area contributed by atoms with Crippen molar-refractivity contribution in [1.29, 1.82) is 0 Å². The Labute approximate surface area is 116 Å². The fourth-order valence-electron chi connectivity index (χ4n) is 1.64. The molecule has 1 aromatic heterocycles. The van der Waals surface area contributed by atoms with Crippen molar-refractivity contribution >= 4 is 40.0 Å². The predicted octanol–water partition coefficient (Wildman–Crippen LogP) is 1.73. The lowest BCUT2D eigenvalue weighted by Crippen LogP contribution is -2.13. The number of benzene rings is 1. The van der Waals surface area contributed by atoms with Crippen LogP contribution in [-0.2, 0) is 9.59 Å². The quantitative estimate of drug-likeness (QED) is 0.454. The van der Waals surface area contributed by atoms with E-state index in [0.717, 1.165) is 0 Å². The molecule has 3 N–H and O–H groups in total. The van der Waals surface area contributed by atoms with Crippen molar-refractivity contribution in [2.45, 2.75) is 0 Å². The third-order valence-electron chi connectivity index (χ3n) is 2.60. The van der Waals surface area contributed by atoms with Crippen LogP contribution in [0.2, 0.25) is 5.02 Å². The van der Waals surface area contributed by atoms with E-state index in [2.05, 4.69) is 4.98 Å². The second kappa shape index (κ2) is 5.18.